The van der Waals surface area contributed by atoms with Crippen LogP contribution in [0.2, 0.25) is 0 Å². The predicted octanol–water partition coefficient (Wildman–Crippen LogP) is 1.08. The number of aliphatic imine (C=N–C) groups is 1. The van der Waals surface area contributed by atoms with E-state index in [0.29, 0.717) is 26.2 Å². The number of halogens is 1. The Balaban J connectivity index is 2.24. The van der Waals surface area contributed by atoms with Crippen molar-refractivity contribution in [3.63, 3.8) is 0 Å². The Morgan fingerprint density at radius 1 is 1.17 bits per heavy atom. The molecule has 24 heavy (non-hydrogen) atoms. The molecule has 0 heterocycles. The highest BCUT2D eigenvalue weighted by Gasteiger charge is 2.03. The van der Waals surface area contributed by atoms with Gasteiger partial charge in [-0.15, -0.1) is 0 Å². The number of rotatable bonds is 10. The van der Waals surface area contributed by atoms with Crippen LogP contribution in [-0.2, 0) is 16.0 Å². The van der Waals surface area contributed by atoms with Crippen molar-refractivity contribution in [3.05, 3.63) is 35.6 Å². The standard InChI is InChI=1S/C17H27FN4O2/c1-3-19-17(21-9-4-12-24-2)22-11-10-20-16(23)13-14-5-7-15(18)8-6-14/h5-8H,3-4,9-13H2,1-2H3,(H,20,23)(H2,19,21,22). The van der Waals surface area contributed by atoms with E-state index in [2.05, 4.69) is 20.9 Å². The quantitative estimate of drug-likeness (QED) is 0.339. The lowest BCUT2D eigenvalue weighted by Gasteiger charge is -2.12. The maximum absolute atomic E-state index is 12.8. The van der Waals surface area contributed by atoms with E-state index in [1.165, 1.54) is 12.1 Å². The first-order valence-electron chi connectivity index (χ1n) is 8.18. The van der Waals surface area contributed by atoms with Crippen molar-refractivity contribution in [1.82, 2.24) is 16.0 Å². The Kier molecular flexibility index (Phi) is 10.2. The van der Waals surface area contributed by atoms with Crippen molar-refractivity contribution in [2.24, 2.45) is 4.99 Å². The third-order valence-electron chi connectivity index (χ3n) is 3.14. The van der Waals surface area contributed by atoms with Crippen LogP contribution in [0.15, 0.2) is 29.3 Å². The molecule has 0 unspecified atom stereocenters. The summed E-state index contributed by atoms with van der Waals surface area (Å²) in [5, 5.41) is 9.12. The van der Waals surface area contributed by atoms with Crippen molar-refractivity contribution in [2.45, 2.75) is 19.8 Å². The second-order valence-electron chi connectivity index (χ2n) is 5.19. The number of carbonyl (C=O) groups is 1. The van der Waals surface area contributed by atoms with Crippen LogP contribution < -0.4 is 16.0 Å². The summed E-state index contributed by atoms with van der Waals surface area (Å²) in [6, 6.07) is 5.94. The van der Waals surface area contributed by atoms with Gasteiger partial charge in [-0.3, -0.25) is 9.79 Å². The number of nitrogens with one attached hydrogen (secondary N) is 3. The molecule has 0 aliphatic heterocycles. The van der Waals surface area contributed by atoms with Crippen LogP contribution in [0.4, 0.5) is 4.39 Å². The zero-order valence-corrected chi connectivity index (χ0v) is 14.4. The highest BCUT2D eigenvalue weighted by atomic mass is 19.1. The lowest BCUT2D eigenvalue weighted by molar-refractivity contribution is -0.120. The smallest absolute Gasteiger partial charge is 0.224 e. The van der Waals surface area contributed by atoms with Gasteiger partial charge in [0, 0.05) is 39.9 Å². The van der Waals surface area contributed by atoms with E-state index in [-0.39, 0.29) is 18.1 Å². The number of ether oxygens (including phenoxy) is 1. The summed E-state index contributed by atoms with van der Waals surface area (Å²) in [5.41, 5.74) is 0.787. The summed E-state index contributed by atoms with van der Waals surface area (Å²) in [6.45, 7) is 5.19. The van der Waals surface area contributed by atoms with Gasteiger partial charge < -0.3 is 20.7 Å². The summed E-state index contributed by atoms with van der Waals surface area (Å²) in [6.07, 6.45) is 1.10. The number of hydrogen-bond acceptors (Lipinski definition) is 3. The zero-order chi connectivity index (χ0) is 17.6. The fourth-order valence-corrected chi connectivity index (χ4v) is 1.97. The topological polar surface area (TPSA) is 74.8 Å². The average Bonchev–Trinajstić information content (AvgIpc) is 2.57. The van der Waals surface area contributed by atoms with Gasteiger partial charge in [-0.05, 0) is 31.0 Å². The number of nitrogens with zero attached hydrogens (tertiary/aromatic N) is 1. The second kappa shape index (κ2) is 12.3. The molecule has 3 N–H and O–H groups in total. The molecule has 134 valence electrons. The fraction of sp³-hybridized carbons (Fsp3) is 0.529. The molecule has 0 atom stereocenters. The van der Waals surface area contributed by atoms with Crippen molar-refractivity contribution in [3.8, 4) is 0 Å². The van der Waals surface area contributed by atoms with Gasteiger partial charge in [-0.1, -0.05) is 12.1 Å². The van der Waals surface area contributed by atoms with Crippen LogP contribution in [0.3, 0.4) is 0 Å². The Morgan fingerprint density at radius 3 is 2.54 bits per heavy atom. The third-order valence-corrected chi connectivity index (χ3v) is 3.14. The molecular formula is C17H27FN4O2. The van der Waals surface area contributed by atoms with E-state index in [4.69, 9.17) is 4.74 Å². The molecule has 1 amide bonds. The van der Waals surface area contributed by atoms with Gasteiger partial charge in [-0.25, -0.2) is 4.39 Å². The molecule has 0 saturated carbocycles. The first-order valence-corrected chi connectivity index (χ1v) is 8.18. The molecule has 0 aromatic heterocycles. The van der Waals surface area contributed by atoms with E-state index in [0.717, 1.165) is 24.5 Å². The third kappa shape index (κ3) is 9.09. The van der Waals surface area contributed by atoms with Crippen molar-refractivity contribution >= 4 is 11.9 Å². The fourth-order valence-electron chi connectivity index (χ4n) is 1.97. The van der Waals surface area contributed by atoms with Gasteiger partial charge in [0.2, 0.25) is 5.91 Å². The normalized spacial score (nSPS) is 11.2. The first-order chi connectivity index (χ1) is 11.7. The molecule has 0 bridgehead atoms. The van der Waals surface area contributed by atoms with Gasteiger partial charge in [0.25, 0.3) is 0 Å². The second-order valence-corrected chi connectivity index (χ2v) is 5.19. The molecule has 7 heteroatoms. The maximum Gasteiger partial charge on any atom is 0.224 e. The summed E-state index contributed by atoms with van der Waals surface area (Å²) < 4.78 is 17.8. The minimum absolute atomic E-state index is 0.0922. The first kappa shape index (κ1) is 19.9. The van der Waals surface area contributed by atoms with Gasteiger partial charge in [0.15, 0.2) is 5.96 Å². The van der Waals surface area contributed by atoms with Crippen LogP contribution in [0.25, 0.3) is 0 Å². The summed E-state index contributed by atoms with van der Waals surface area (Å²) in [7, 11) is 1.67. The Morgan fingerprint density at radius 2 is 1.88 bits per heavy atom. The number of benzene rings is 1. The molecule has 1 rings (SSSR count). The molecule has 0 spiro atoms. The Bertz CT molecular complexity index is 506. The van der Waals surface area contributed by atoms with E-state index in [1.807, 2.05) is 6.92 Å². The van der Waals surface area contributed by atoms with Crippen LogP contribution in [0.1, 0.15) is 18.9 Å². The molecule has 0 saturated heterocycles. The van der Waals surface area contributed by atoms with Crippen molar-refractivity contribution < 1.29 is 13.9 Å². The van der Waals surface area contributed by atoms with Gasteiger partial charge >= 0.3 is 0 Å². The molecule has 1 aromatic rings. The van der Waals surface area contributed by atoms with Crippen molar-refractivity contribution in [1.29, 1.82) is 0 Å². The lowest BCUT2D eigenvalue weighted by atomic mass is 10.1. The van der Waals surface area contributed by atoms with Crippen LogP contribution >= 0.6 is 0 Å². The van der Waals surface area contributed by atoms with Gasteiger partial charge in [0.1, 0.15) is 5.82 Å². The molecule has 1 aromatic carbocycles. The maximum atomic E-state index is 12.8. The van der Waals surface area contributed by atoms with Crippen molar-refractivity contribution in [2.75, 3.05) is 39.9 Å². The lowest BCUT2D eigenvalue weighted by Crippen LogP contribution is -2.41. The summed E-state index contributed by atoms with van der Waals surface area (Å²) in [4.78, 5) is 16.2. The van der Waals surface area contributed by atoms with Crippen LogP contribution in [0, 0.1) is 5.82 Å². The highest BCUT2D eigenvalue weighted by Crippen LogP contribution is 2.03. The van der Waals surface area contributed by atoms with Crippen LogP contribution in [-0.4, -0.2) is 51.8 Å². The summed E-state index contributed by atoms with van der Waals surface area (Å²) >= 11 is 0. The Hall–Kier alpha value is -2.15. The largest absolute Gasteiger partial charge is 0.385 e. The van der Waals surface area contributed by atoms with Gasteiger partial charge in [-0.2, -0.15) is 0 Å². The zero-order valence-electron chi connectivity index (χ0n) is 14.4. The number of methoxy groups -OCH3 is 1. The van der Waals surface area contributed by atoms with E-state index in [9.17, 15) is 9.18 Å². The summed E-state index contributed by atoms with van der Waals surface area (Å²) in [5.74, 6) is 0.330. The SMILES string of the molecule is CCNC(=NCCCOC)NCCNC(=O)Cc1ccc(F)cc1. The number of hydrogen-bond donors (Lipinski definition) is 3. The van der Waals surface area contributed by atoms with Crippen LogP contribution in [0.5, 0.6) is 0 Å². The average molecular weight is 338 g/mol. The number of amides is 1. The molecule has 0 fully saturated rings. The molecule has 0 radical (unpaired) electrons. The number of carbonyl (C=O) groups excluding carboxylic acids is 1. The Labute approximate surface area is 142 Å². The highest BCUT2D eigenvalue weighted by molar-refractivity contribution is 5.80. The van der Waals surface area contributed by atoms with E-state index in [1.54, 1.807) is 19.2 Å². The molecular weight excluding hydrogens is 311 g/mol. The van der Waals surface area contributed by atoms with Gasteiger partial charge in [0.05, 0.1) is 6.42 Å². The van der Waals surface area contributed by atoms with E-state index < -0.39 is 0 Å². The minimum atomic E-state index is -0.302. The minimum Gasteiger partial charge on any atom is -0.385 e. The molecule has 6 nitrogen and oxygen atoms in total. The molecule has 0 aliphatic rings. The van der Waals surface area contributed by atoms with E-state index >= 15 is 0 Å². The molecule has 0 aliphatic carbocycles. The number of guanidine groups is 1. The predicted molar refractivity (Wildman–Crippen MR) is 93.6 cm³/mol. The monoisotopic (exact) mass is 338 g/mol.